The molecule has 2 aromatic rings. The Morgan fingerprint density at radius 1 is 0.943 bits per heavy atom. The summed E-state index contributed by atoms with van der Waals surface area (Å²) >= 11 is 1.70. The maximum absolute atomic E-state index is 14.8. The number of Topliss-reactive ketones (excluding diaryl/α,β-unsaturated/α-hetero) is 1. The van der Waals surface area contributed by atoms with Crippen LogP contribution < -0.4 is 0 Å². The smallest absolute Gasteiger partial charge is 0.410 e. The highest BCUT2D eigenvalue weighted by molar-refractivity contribution is 7.09. The fraction of sp³-hybridized carbons (Fsp3) is 0.652. The van der Waals surface area contributed by atoms with Crippen LogP contribution in [-0.4, -0.2) is 57.9 Å². The minimum absolute atomic E-state index is 0.0237. The molecule has 1 heterocycles. The molecule has 11 unspecified atom stereocenters. The van der Waals surface area contributed by atoms with E-state index in [-0.39, 0.29) is 53.3 Å². The number of hydrogen-bond acceptors (Lipinski definition) is 6. The van der Waals surface area contributed by atoms with Gasteiger partial charge in [0.1, 0.15) is 6.10 Å². The number of fused-ring (bicyclic) bond motifs is 1. The Hall–Kier alpha value is -2.74. The van der Waals surface area contributed by atoms with Gasteiger partial charge in [-0.1, -0.05) is 95.7 Å². The van der Waals surface area contributed by atoms with Crippen LogP contribution in [0.1, 0.15) is 114 Å². The van der Waals surface area contributed by atoms with E-state index in [0.717, 1.165) is 56.9 Å². The van der Waals surface area contributed by atoms with Crippen LogP contribution in [0.3, 0.4) is 0 Å². The van der Waals surface area contributed by atoms with Crippen molar-refractivity contribution in [2.75, 3.05) is 13.1 Å². The van der Waals surface area contributed by atoms with E-state index in [1.54, 1.807) is 11.3 Å². The normalized spacial score (nSPS) is 41.3. The molecule has 0 aliphatic heterocycles. The van der Waals surface area contributed by atoms with Crippen LogP contribution in [0.5, 0.6) is 0 Å². The van der Waals surface area contributed by atoms with E-state index in [1.165, 1.54) is 11.3 Å². The van der Waals surface area contributed by atoms with Crippen molar-refractivity contribution in [1.82, 2.24) is 4.90 Å². The second kappa shape index (κ2) is 13.5. The molecule has 1 aromatic carbocycles. The summed E-state index contributed by atoms with van der Waals surface area (Å²) in [7, 11) is 0. The van der Waals surface area contributed by atoms with Gasteiger partial charge in [0.05, 0.1) is 18.2 Å². The van der Waals surface area contributed by atoms with Gasteiger partial charge < -0.3 is 19.8 Å². The van der Waals surface area contributed by atoms with Crippen LogP contribution in [0.2, 0.25) is 0 Å². The lowest BCUT2D eigenvalue weighted by Crippen LogP contribution is -2.67. The standard InChI is InChI=1S/C46H61NO5S/c1-30(2)35-14-13-31(3)26-37(35)52-41(50)47(24-18-34-12-9-25-53-34)29-45(51)21-17-39-43(45,5)20-16-38-42(4)19-15-33(48)27-44(42)22-23-46(38,39)36(28-44)40(49)32-10-7-6-8-11-32/h6-12,22-23,25,28,30-31,33,35,37-39,48,51H,13-21,24,26-27,29H2,1-5H3. The first-order valence-corrected chi connectivity index (χ1v) is 21.6. The molecule has 9 rings (SSSR count). The summed E-state index contributed by atoms with van der Waals surface area (Å²) in [6, 6.07) is 13.9. The highest BCUT2D eigenvalue weighted by atomic mass is 32.1. The summed E-state index contributed by atoms with van der Waals surface area (Å²) in [5, 5.41) is 26.3. The maximum atomic E-state index is 14.8. The largest absolute Gasteiger partial charge is 0.446 e. The zero-order chi connectivity index (χ0) is 37.4. The molecule has 2 N–H and O–H groups in total. The van der Waals surface area contributed by atoms with Gasteiger partial charge in [-0.15, -0.1) is 11.3 Å². The number of ketones is 1. The van der Waals surface area contributed by atoms with Crippen LogP contribution in [0.15, 0.2) is 71.6 Å². The number of allylic oxidation sites excluding steroid dienone is 4. The second-order valence-corrected chi connectivity index (χ2v) is 20.0. The lowest BCUT2D eigenvalue weighted by Gasteiger charge is -2.71. The van der Waals surface area contributed by atoms with Crippen LogP contribution in [-0.2, 0) is 11.2 Å². The minimum atomic E-state index is -1.15. The number of hydrogen-bond donors (Lipinski definition) is 2. The first-order chi connectivity index (χ1) is 25.3. The molecule has 0 radical (unpaired) electrons. The number of benzene rings is 1. The third-order valence-electron chi connectivity index (χ3n) is 16.1. The van der Waals surface area contributed by atoms with Crippen molar-refractivity contribution in [1.29, 1.82) is 0 Å². The number of thiophene rings is 1. The molecule has 4 fully saturated rings. The van der Waals surface area contributed by atoms with Gasteiger partial charge in [0.25, 0.3) is 0 Å². The summed E-state index contributed by atoms with van der Waals surface area (Å²) in [5.74, 6) is 1.61. The molecule has 0 saturated heterocycles. The molecule has 6 nitrogen and oxygen atoms in total. The molecule has 11 atom stereocenters. The first-order valence-electron chi connectivity index (χ1n) is 20.7. The Bertz CT molecular complexity index is 1750. The van der Waals surface area contributed by atoms with Crippen LogP contribution in [0.4, 0.5) is 4.79 Å². The van der Waals surface area contributed by atoms with E-state index in [4.69, 9.17) is 4.74 Å². The number of nitrogens with zero attached hydrogens (tertiary/aromatic N) is 1. The van der Waals surface area contributed by atoms with E-state index in [1.807, 2.05) is 35.2 Å². The summed E-state index contributed by atoms with van der Waals surface area (Å²) in [6.45, 7) is 12.1. The fourth-order valence-electron chi connectivity index (χ4n) is 13.0. The Morgan fingerprint density at radius 3 is 2.42 bits per heavy atom. The number of amides is 1. The zero-order valence-corrected chi connectivity index (χ0v) is 33.4. The molecule has 7 heteroatoms. The van der Waals surface area contributed by atoms with Crippen molar-refractivity contribution in [3.8, 4) is 0 Å². The highest BCUT2D eigenvalue weighted by Crippen LogP contribution is 2.78. The van der Waals surface area contributed by atoms with E-state index < -0.39 is 16.4 Å². The molecule has 53 heavy (non-hydrogen) atoms. The number of rotatable bonds is 9. The third-order valence-corrected chi connectivity index (χ3v) is 17.1. The van der Waals surface area contributed by atoms with E-state index >= 15 is 0 Å². The van der Waals surface area contributed by atoms with E-state index in [9.17, 15) is 19.8 Å². The van der Waals surface area contributed by atoms with Gasteiger partial charge >= 0.3 is 6.09 Å². The number of carbonyl (C=O) groups is 2. The van der Waals surface area contributed by atoms with Crippen molar-refractivity contribution >= 4 is 23.2 Å². The van der Waals surface area contributed by atoms with Gasteiger partial charge in [-0.3, -0.25) is 4.79 Å². The number of ether oxygens (including phenoxy) is 1. The number of aliphatic hydroxyl groups is 2. The van der Waals surface area contributed by atoms with Gasteiger partial charge in [0.15, 0.2) is 5.78 Å². The molecule has 1 aromatic heterocycles. The molecule has 7 aliphatic rings. The van der Waals surface area contributed by atoms with E-state index in [2.05, 4.69) is 70.4 Å². The average molecular weight is 740 g/mol. The van der Waals surface area contributed by atoms with Crippen molar-refractivity contribution in [3.05, 3.63) is 82.1 Å². The summed E-state index contributed by atoms with van der Waals surface area (Å²) < 4.78 is 6.50. The van der Waals surface area contributed by atoms with Crippen molar-refractivity contribution in [3.63, 3.8) is 0 Å². The van der Waals surface area contributed by atoms with Gasteiger partial charge in [-0.2, -0.15) is 0 Å². The number of carbonyl (C=O) groups excluding carboxylic acids is 2. The van der Waals surface area contributed by atoms with Crippen LogP contribution >= 0.6 is 11.3 Å². The van der Waals surface area contributed by atoms with Crippen LogP contribution in [0, 0.1) is 51.2 Å². The lowest BCUT2D eigenvalue weighted by atomic mass is 9.32. The zero-order valence-electron chi connectivity index (χ0n) is 32.6. The molecular weight excluding hydrogens is 679 g/mol. The quantitative estimate of drug-likeness (QED) is 0.198. The van der Waals surface area contributed by atoms with Gasteiger partial charge in [0.2, 0.25) is 0 Å². The molecule has 286 valence electrons. The third kappa shape index (κ3) is 5.76. The summed E-state index contributed by atoms with van der Waals surface area (Å²) in [5.41, 5.74) is -1.12. The molecule has 1 amide bonds. The average Bonchev–Trinajstić information content (AvgIpc) is 3.75. The molecule has 2 bridgehead atoms. The summed E-state index contributed by atoms with van der Waals surface area (Å²) in [6.07, 6.45) is 15.5. The van der Waals surface area contributed by atoms with Gasteiger partial charge in [0, 0.05) is 38.8 Å². The molecule has 7 aliphatic carbocycles. The predicted octanol–water partition coefficient (Wildman–Crippen LogP) is 9.66. The van der Waals surface area contributed by atoms with Gasteiger partial charge in [-0.25, -0.2) is 4.79 Å². The first kappa shape index (κ1) is 37.2. The lowest BCUT2D eigenvalue weighted by molar-refractivity contribution is -0.175. The van der Waals surface area contributed by atoms with Crippen molar-refractivity contribution < 1.29 is 24.5 Å². The highest BCUT2D eigenvalue weighted by Gasteiger charge is 2.74. The Kier molecular flexibility index (Phi) is 9.46. The van der Waals surface area contributed by atoms with Crippen molar-refractivity contribution in [2.24, 2.45) is 51.2 Å². The minimum Gasteiger partial charge on any atom is -0.446 e. The Balaban J connectivity index is 1.15. The van der Waals surface area contributed by atoms with E-state index in [0.29, 0.717) is 42.7 Å². The fourth-order valence-corrected chi connectivity index (χ4v) is 13.7. The molecule has 2 spiro atoms. The summed E-state index contributed by atoms with van der Waals surface area (Å²) in [4.78, 5) is 32.3. The topological polar surface area (TPSA) is 87.1 Å². The number of aliphatic hydroxyl groups excluding tert-OH is 1. The Morgan fingerprint density at radius 2 is 1.68 bits per heavy atom. The van der Waals surface area contributed by atoms with Crippen molar-refractivity contribution in [2.45, 2.75) is 123 Å². The van der Waals surface area contributed by atoms with Gasteiger partial charge in [-0.05, 0) is 111 Å². The predicted molar refractivity (Wildman–Crippen MR) is 211 cm³/mol. The molecular formula is C46H61NO5S. The monoisotopic (exact) mass is 739 g/mol. The van der Waals surface area contributed by atoms with Crippen LogP contribution in [0.25, 0.3) is 0 Å². The SMILES string of the molecule is CC1CCC(C(C)C)C(OC(=O)N(CCc2cccs2)CC2(O)CCC3C45C=CC6(C=C4C(=O)c4ccccc4)CC(O)CCC6(C)C5CCC32C)C1. The maximum Gasteiger partial charge on any atom is 0.410 e. The molecule has 4 saturated carbocycles. The Labute approximate surface area is 321 Å². The second-order valence-electron chi connectivity index (χ2n) is 19.0.